The van der Waals surface area contributed by atoms with Crippen LogP contribution in [0.15, 0.2) is 18.2 Å². The molecule has 0 radical (unpaired) electrons. The molecule has 1 aromatic rings. The highest BCUT2D eigenvalue weighted by Gasteiger charge is 2.18. The quantitative estimate of drug-likeness (QED) is 0.841. The Morgan fingerprint density at radius 2 is 2.29 bits per heavy atom. The summed E-state index contributed by atoms with van der Waals surface area (Å²) in [6.07, 6.45) is 2.58. The van der Waals surface area contributed by atoms with E-state index in [9.17, 15) is 5.11 Å². The summed E-state index contributed by atoms with van der Waals surface area (Å²) in [5.74, 6) is 0.918. The van der Waals surface area contributed by atoms with Crippen molar-refractivity contribution < 1.29 is 14.9 Å². The molecule has 0 aromatic heterocycles. The fourth-order valence-electron chi connectivity index (χ4n) is 2.13. The molecular weight excluding hydrogens is 216 g/mol. The van der Waals surface area contributed by atoms with Gasteiger partial charge in [0.25, 0.3) is 0 Å². The van der Waals surface area contributed by atoms with Crippen molar-refractivity contribution >= 4 is 0 Å². The van der Waals surface area contributed by atoms with Crippen LogP contribution in [-0.2, 0) is 6.42 Å². The van der Waals surface area contributed by atoms with Crippen molar-refractivity contribution in [3.05, 3.63) is 29.3 Å². The second kappa shape index (κ2) is 5.52. The summed E-state index contributed by atoms with van der Waals surface area (Å²) in [4.78, 5) is 0. The molecule has 0 fully saturated rings. The van der Waals surface area contributed by atoms with E-state index in [1.165, 1.54) is 5.56 Å². The van der Waals surface area contributed by atoms with Crippen molar-refractivity contribution in [3.63, 3.8) is 0 Å². The number of hydrogen-bond donors (Lipinski definition) is 2. The van der Waals surface area contributed by atoms with E-state index in [0.29, 0.717) is 6.61 Å². The van der Waals surface area contributed by atoms with Crippen molar-refractivity contribution in [1.29, 1.82) is 0 Å². The van der Waals surface area contributed by atoms with Crippen LogP contribution in [0.2, 0.25) is 0 Å². The van der Waals surface area contributed by atoms with Gasteiger partial charge in [0.05, 0.1) is 12.7 Å². The average Bonchev–Trinajstić information content (AvgIpc) is 2.36. The van der Waals surface area contributed by atoms with Crippen LogP contribution in [0.25, 0.3) is 0 Å². The van der Waals surface area contributed by atoms with E-state index in [1.54, 1.807) is 0 Å². The Bertz CT molecular complexity index is 376. The summed E-state index contributed by atoms with van der Waals surface area (Å²) in [6.45, 7) is 2.58. The lowest BCUT2D eigenvalue weighted by atomic mass is 9.89. The predicted octanol–water partition coefficient (Wildman–Crippen LogP) is 2.06. The molecule has 2 atom stereocenters. The number of rotatable bonds is 4. The number of hydrogen-bond acceptors (Lipinski definition) is 3. The van der Waals surface area contributed by atoms with Crippen molar-refractivity contribution in [2.75, 3.05) is 13.2 Å². The predicted molar refractivity (Wildman–Crippen MR) is 66.1 cm³/mol. The van der Waals surface area contributed by atoms with Gasteiger partial charge < -0.3 is 14.9 Å². The molecule has 1 unspecified atom stereocenters. The minimum absolute atomic E-state index is 0.133. The Balaban J connectivity index is 2.07. The lowest BCUT2D eigenvalue weighted by Gasteiger charge is -2.22. The van der Waals surface area contributed by atoms with Gasteiger partial charge >= 0.3 is 0 Å². The molecular formula is C14H20O3. The number of aliphatic hydroxyl groups excluding tert-OH is 2. The zero-order chi connectivity index (χ0) is 12.3. The molecule has 0 spiro atoms. The molecule has 94 valence electrons. The van der Waals surface area contributed by atoms with E-state index >= 15 is 0 Å². The van der Waals surface area contributed by atoms with E-state index in [0.717, 1.165) is 30.6 Å². The van der Waals surface area contributed by atoms with Crippen LogP contribution in [0.5, 0.6) is 5.75 Å². The summed E-state index contributed by atoms with van der Waals surface area (Å²) < 4.78 is 5.60. The molecule has 0 saturated heterocycles. The lowest BCUT2D eigenvalue weighted by Crippen LogP contribution is -2.13. The van der Waals surface area contributed by atoms with Crippen molar-refractivity contribution in [1.82, 2.24) is 0 Å². The Labute approximate surface area is 102 Å². The van der Waals surface area contributed by atoms with Gasteiger partial charge in [-0.05, 0) is 42.5 Å². The van der Waals surface area contributed by atoms with Crippen LogP contribution in [0, 0.1) is 5.92 Å². The molecule has 3 nitrogen and oxygen atoms in total. The molecule has 0 saturated carbocycles. The Morgan fingerprint density at radius 1 is 1.47 bits per heavy atom. The van der Waals surface area contributed by atoms with Gasteiger partial charge in [-0.2, -0.15) is 0 Å². The zero-order valence-corrected chi connectivity index (χ0v) is 10.2. The van der Waals surface area contributed by atoms with Gasteiger partial charge in [0, 0.05) is 12.5 Å². The maximum absolute atomic E-state index is 9.91. The summed E-state index contributed by atoms with van der Waals surface area (Å²) >= 11 is 0. The van der Waals surface area contributed by atoms with Crippen molar-refractivity contribution in [3.8, 4) is 5.75 Å². The van der Waals surface area contributed by atoms with Crippen molar-refractivity contribution in [2.45, 2.75) is 32.3 Å². The topological polar surface area (TPSA) is 49.7 Å². The van der Waals surface area contributed by atoms with E-state index in [4.69, 9.17) is 9.84 Å². The zero-order valence-electron chi connectivity index (χ0n) is 10.2. The molecule has 0 bridgehead atoms. The molecule has 0 heterocycles. The van der Waals surface area contributed by atoms with Crippen molar-refractivity contribution in [2.24, 2.45) is 5.92 Å². The number of fused-ring (bicyclic) bond motifs is 1. The molecule has 3 heteroatoms. The number of aryl methyl sites for hydroxylation is 1. The number of aliphatic hydroxyl groups is 2. The standard InChI is InChI=1S/C14H20O3/c1-10(8-15)9-17-12-6-5-11-3-2-4-14(16)13(11)7-12/h5-7,10,14-16H,2-4,8-9H2,1H3/t10?,14-/m0/s1. The third-order valence-corrected chi connectivity index (χ3v) is 3.25. The first-order valence-electron chi connectivity index (χ1n) is 6.25. The lowest BCUT2D eigenvalue weighted by molar-refractivity contribution is 0.154. The Kier molecular flexibility index (Phi) is 4.02. The highest BCUT2D eigenvalue weighted by Crippen LogP contribution is 2.32. The van der Waals surface area contributed by atoms with E-state index < -0.39 is 0 Å². The van der Waals surface area contributed by atoms with Crippen LogP contribution in [-0.4, -0.2) is 23.4 Å². The van der Waals surface area contributed by atoms with Gasteiger partial charge in [-0.3, -0.25) is 0 Å². The van der Waals surface area contributed by atoms with E-state index in [1.807, 2.05) is 25.1 Å². The van der Waals surface area contributed by atoms with Crippen LogP contribution in [0.3, 0.4) is 0 Å². The Morgan fingerprint density at radius 3 is 3.06 bits per heavy atom. The molecule has 1 aromatic carbocycles. The highest BCUT2D eigenvalue weighted by atomic mass is 16.5. The maximum Gasteiger partial charge on any atom is 0.119 e. The first-order chi connectivity index (χ1) is 8.20. The van der Waals surface area contributed by atoms with Gasteiger partial charge in [0.15, 0.2) is 0 Å². The second-order valence-corrected chi connectivity index (χ2v) is 4.87. The fraction of sp³-hybridized carbons (Fsp3) is 0.571. The van der Waals surface area contributed by atoms with Gasteiger partial charge in [0.1, 0.15) is 5.75 Å². The van der Waals surface area contributed by atoms with Gasteiger partial charge in [-0.25, -0.2) is 0 Å². The number of ether oxygens (including phenoxy) is 1. The van der Waals surface area contributed by atoms with E-state index in [-0.39, 0.29) is 18.6 Å². The summed E-state index contributed by atoms with van der Waals surface area (Å²) in [5, 5.41) is 18.8. The van der Waals surface area contributed by atoms with Crippen LogP contribution in [0.1, 0.15) is 37.0 Å². The second-order valence-electron chi connectivity index (χ2n) is 4.87. The van der Waals surface area contributed by atoms with Gasteiger partial charge in [-0.1, -0.05) is 13.0 Å². The minimum Gasteiger partial charge on any atom is -0.493 e. The fourth-order valence-corrected chi connectivity index (χ4v) is 2.13. The molecule has 0 amide bonds. The third kappa shape index (κ3) is 2.99. The average molecular weight is 236 g/mol. The normalized spacial score (nSPS) is 20.8. The monoisotopic (exact) mass is 236 g/mol. The highest BCUT2D eigenvalue weighted by molar-refractivity contribution is 5.38. The third-order valence-electron chi connectivity index (χ3n) is 3.25. The molecule has 2 N–H and O–H groups in total. The van der Waals surface area contributed by atoms with Crippen LogP contribution >= 0.6 is 0 Å². The SMILES string of the molecule is CC(CO)COc1ccc2c(c1)[C@@H](O)CCC2. The summed E-state index contributed by atoms with van der Waals surface area (Å²) in [5.41, 5.74) is 2.23. The first-order valence-corrected chi connectivity index (χ1v) is 6.25. The maximum atomic E-state index is 9.91. The Hall–Kier alpha value is -1.06. The molecule has 17 heavy (non-hydrogen) atoms. The smallest absolute Gasteiger partial charge is 0.119 e. The molecule has 0 aliphatic heterocycles. The first kappa shape index (κ1) is 12.4. The minimum atomic E-state index is -0.349. The van der Waals surface area contributed by atoms with Gasteiger partial charge in [0.2, 0.25) is 0 Å². The summed E-state index contributed by atoms with van der Waals surface area (Å²) in [6, 6.07) is 5.92. The largest absolute Gasteiger partial charge is 0.493 e. The summed E-state index contributed by atoms with van der Waals surface area (Å²) in [7, 11) is 0. The van der Waals surface area contributed by atoms with Crippen LogP contribution < -0.4 is 4.74 Å². The molecule has 2 rings (SSSR count). The molecule has 1 aliphatic rings. The van der Waals surface area contributed by atoms with Crippen LogP contribution in [0.4, 0.5) is 0 Å². The van der Waals surface area contributed by atoms with E-state index in [2.05, 4.69) is 0 Å². The number of benzene rings is 1. The molecule has 1 aliphatic carbocycles. The van der Waals surface area contributed by atoms with Gasteiger partial charge in [-0.15, -0.1) is 0 Å².